The second-order valence-corrected chi connectivity index (χ2v) is 22.5. The summed E-state index contributed by atoms with van der Waals surface area (Å²) in [5.74, 6) is -3.47. The molecular formula is C65H60Br2Cl2F12N6O6. The van der Waals surface area contributed by atoms with E-state index in [2.05, 4.69) is 76.0 Å². The molecule has 0 radical (unpaired) electrons. The van der Waals surface area contributed by atoms with Crippen LogP contribution in [0.15, 0.2) is 184 Å². The molecule has 498 valence electrons. The standard InChI is InChI=1S/C23H20F8N2O2.C21H20Br2F2N2O2.C21H20Cl2F2N2O2/c1-35-20(34)21(19(24)25,33-14-16-5-9-18(10-6-16)23(29,30)31)11-2-12-32-13-15-3-7-17(8-4-15)22(26,27)28;2*1-29-20(28)21(19(24)25,27-14-16-5-9-18(23)10-6-16)11-2-12-26-13-15-3-7-17(22)8-4-15/h3-10,13-14,19H,2,11-12H2,1H3;2*3-10,13-14,19H,2,11-12H2,1H3. The fraction of sp³-hybridized carbons (Fsp3) is 0.308. The molecule has 6 aromatic carbocycles. The topological polar surface area (TPSA) is 153 Å². The van der Waals surface area contributed by atoms with E-state index >= 15 is 0 Å². The van der Waals surface area contributed by atoms with Crippen LogP contribution in [0.3, 0.4) is 0 Å². The summed E-state index contributed by atoms with van der Waals surface area (Å²) in [7, 11) is 3.05. The van der Waals surface area contributed by atoms with Gasteiger partial charge in [-0.25, -0.2) is 40.7 Å². The smallest absolute Gasteiger partial charge is 0.416 e. The lowest BCUT2D eigenvalue weighted by Crippen LogP contribution is -2.45. The van der Waals surface area contributed by atoms with Crippen molar-refractivity contribution in [1.82, 2.24) is 0 Å². The first-order valence-corrected chi connectivity index (χ1v) is 30.0. The van der Waals surface area contributed by atoms with E-state index in [1.54, 1.807) is 85.2 Å². The number of rotatable bonds is 27. The van der Waals surface area contributed by atoms with Gasteiger partial charge >= 0.3 is 30.3 Å². The second kappa shape index (κ2) is 38.0. The zero-order valence-electron chi connectivity index (χ0n) is 49.6. The Kier molecular flexibility index (Phi) is 31.8. The van der Waals surface area contributed by atoms with Crippen LogP contribution in [0.2, 0.25) is 10.0 Å². The van der Waals surface area contributed by atoms with Crippen molar-refractivity contribution in [2.45, 2.75) is 86.8 Å². The van der Waals surface area contributed by atoms with Gasteiger partial charge in [0.05, 0.1) is 32.5 Å². The first-order valence-electron chi connectivity index (χ1n) is 27.7. The number of ether oxygens (including phenoxy) is 3. The molecule has 0 saturated heterocycles. The summed E-state index contributed by atoms with van der Waals surface area (Å²) >= 11 is 18.3. The van der Waals surface area contributed by atoms with Crippen LogP contribution >= 0.6 is 55.1 Å². The van der Waals surface area contributed by atoms with E-state index in [9.17, 15) is 67.1 Å². The van der Waals surface area contributed by atoms with Crippen molar-refractivity contribution in [2.24, 2.45) is 30.0 Å². The summed E-state index contributed by atoms with van der Waals surface area (Å²) in [6.07, 6.45) is -10.9. The number of benzene rings is 6. The van der Waals surface area contributed by atoms with Gasteiger partial charge in [0.1, 0.15) is 0 Å². The van der Waals surface area contributed by atoms with E-state index in [4.69, 9.17) is 23.2 Å². The van der Waals surface area contributed by atoms with Gasteiger partial charge in [0.25, 0.3) is 19.3 Å². The third kappa shape index (κ3) is 25.0. The third-order valence-corrected chi connectivity index (χ3v) is 14.8. The zero-order chi connectivity index (χ0) is 68.8. The molecule has 6 rings (SSSR count). The summed E-state index contributed by atoms with van der Waals surface area (Å²) in [5.41, 5.74) is -5.62. The van der Waals surface area contributed by atoms with Crippen LogP contribution in [0.4, 0.5) is 52.7 Å². The molecule has 3 atom stereocenters. The Balaban J connectivity index is 0.000000299. The number of halogens is 16. The van der Waals surface area contributed by atoms with Gasteiger partial charge in [0, 0.05) is 75.9 Å². The molecule has 28 heteroatoms. The molecule has 3 unspecified atom stereocenters. The minimum Gasteiger partial charge on any atom is -0.467 e. The predicted octanol–water partition coefficient (Wildman–Crippen LogP) is 17.4. The maximum Gasteiger partial charge on any atom is 0.416 e. The van der Waals surface area contributed by atoms with E-state index in [-0.39, 0.29) is 57.3 Å². The van der Waals surface area contributed by atoms with Crippen LogP contribution in [-0.2, 0) is 40.9 Å². The average Bonchev–Trinajstić information content (AvgIpc) is 0.980. The minimum absolute atomic E-state index is 0.0533. The third-order valence-electron chi connectivity index (χ3n) is 13.2. The highest BCUT2D eigenvalue weighted by Crippen LogP contribution is 2.34. The highest BCUT2D eigenvalue weighted by molar-refractivity contribution is 9.10. The van der Waals surface area contributed by atoms with Gasteiger partial charge in [-0.05, 0) is 145 Å². The maximum atomic E-state index is 13.9. The highest BCUT2D eigenvalue weighted by Gasteiger charge is 2.50. The van der Waals surface area contributed by atoms with Crippen LogP contribution in [-0.4, -0.2) is 132 Å². The molecule has 0 fully saturated rings. The fourth-order valence-electron chi connectivity index (χ4n) is 8.06. The number of nitrogens with zero attached hydrogens (tertiary/aromatic N) is 6. The van der Waals surface area contributed by atoms with Crippen molar-refractivity contribution in [3.05, 3.63) is 209 Å². The highest BCUT2D eigenvalue weighted by atomic mass is 79.9. The van der Waals surface area contributed by atoms with Crippen molar-refractivity contribution < 1.29 is 81.3 Å². The van der Waals surface area contributed by atoms with Gasteiger partial charge in [0.2, 0.25) is 16.6 Å². The van der Waals surface area contributed by atoms with Crippen LogP contribution in [0.1, 0.15) is 83.0 Å². The second-order valence-electron chi connectivity index (χ2n) is 19.8. The number of hydrogen-bond donors (Lipinski definition) is 0. The molecule has 0 N–H and O–H groups in total. The first kappa shape index (κ1) is 77.9. The lowest BCUT2D eigenvalue weighted by molar-refractivity contribution is -0.154. The molecule has 0 aromatic heterocycles. The molecule has 0 spiro atoms. The molecule has 6 aromatic rings. The molecule has 12 nitrogen and oxygen atoms in total. The minimum atomic E-state index is -4.57. The van der Waals surface area contributed by atoms with Crippen LogP contribution < -0.4 is 0 Å². The summed E-state index contributed by atoms with van der Waals surface area (Å²) < 4.78 is 175. The number of esters is 3. The van der Waals surface area contributed by atoms with E-state index in [1.165, 1.54) is 30.8 Å². The first-order chi connectivity index (χ1) is 44.0. The van der Waals surface area contributed by atoms with Gasteiger partial charge in [-0.15, -0.1) is 0 Å². The molecule has 0 heterocycles. The summed E-state index contributed by atoms with van der Waals surface area (Å²) in [4.78, 5) is 60.6. The van der Waals surface area contributed by atoms with E-state index in [1.807, 2.05) is 24.3 Å². The lowest BCUT2D eigenvalue weighted by atomic mass is 9.94. The number of hydrogen-bond acceptors (Lipinski definition) is 12. The van der Waals surface area contributed by atoms with Gasteiger partial charge < -0.3 is 14.2 Å². The Morgan fingerprint density at radius 1 is 0.387 bits per heavy atom. The molecule has 0 aliphatic rings. The largest absolute Gasteiger partial charge is 0.467 e. The summed E-state index contributed by atoms with van der Waals surface area (Å²) in [6, 6.07) is 35.7. The van der Waals surface area contributed by atoms with Gasteiger partial charge in [-0.3, -0.25) is 30.0 Å². The van der Waals surface area contributed by atoms with E-state index in [0.29, 0.717) is 26.7 Å². The molecule has 0 bridgehead atoms. The maximum absolute atomic E-state index is 13.9. The molecule has 0 amide bonds. The summed E-state index contributed by atoms with van der Waals surface area (Å²) in [5, 5.41) is 1.12. The average molecular weight is 1480 g/mol. The number of carbonyl (C=O) groups excluding carboxylic acids is 3. The van der Waals surface area contributed by atoms with E-state index in [0.717, 1.165) is 84.0 Å². The van der Waals surface area contributed by atoms with Crippen LogP contribution in [0.25, 0.3) is 0 Å². The molecule has 0 saturated carbocycles. The van der Waals surface area contributed by atoms with Crippen molar-refractivity contribution in [3.63, 3.8) is 0 Å². The van der Waals surface area contributed by atoms with Crippen molar-refractivity contribution in [3.8, 4) is 0 Å². The van der Waals surface area contributed by atoms with Crippen LogP contribution in [0, 0.1) is 0 Å². The fourth-order valence-corrected chi connectivity index (χ4v) is 8.84. The molecule has 0 aliphatic carbocycles. The quantitative estimate of drug-likeness (QED) is 0.0165. The van der Waals surface area contributed by atoms with Crippen LogP contribution in [0.5, 0.6) is 0 Å². The lowest BCUT2D eigenvalue weighted by Gasteiger charge is -2.25. The number of methoxy groups -OCH3 is 3. The Morgan fingerprint density at radius 2 is 0.602 bits per heavy atom. The van der Waals surface area contributed by atoms with Gasteiger partial charge in [-0.2, -0.15) is 26.3 Å². The SMILES string of the molecule is COC(=O)C(CCCN=Cc1ccc(Br)cc1)(N=Cc1ccc(Br)cc1)C(F)F.COC(=O)C(CCCN=Cc1ccc(C(F)(F)F)cc1)(N=Cc1ccc(C(F)(F)F)cc1)C(F)F.COC(=O)C(CCCN=Cc1ccc(Cl)cc1)(N=Cc1ccc(Cl)cc1)C(F)F. The monoisotopic (exact) mass is 1480 g/mol. The Hall–Kier alpha value is -7.55. The Labute approximate surface area is 555 Å². The molecule has 93 heavy (non-hydrogen) atoms. The Bertz CT molecular complexity index is 3330. The van der Waals surface area contributed by atoms with Crippen molar-refractivity contribution >= 4 is 110 Å². The summed E-state index contributed by atoms with van der Waals surface area (Å²) in [6.45, 7) is 0.488. The predicted molar refractivity (Wildman–Crippen MR) is 344 cm³/mol. The normalized spacial score (nSPS) is 14.1. The number of carbonyl (C=O) groups is 3. The van der Waals surface area contributed by atoms with E-state index < -0.39 is 83.7 Å². The number of alkyl halides is 12. The van der Waals surface area contributed by atoms with Crippen molar-refractivity contribution in [2.75, 3.05) is 41.0 Å². The Morgan fingerprint density at radius 3 is 0.817 bits per heavy atom. The molecule has 0 aliphatic heterocycles. The number of aliphatic imine (C=N–C) groups is 6. The zero-order valence-corrected chi connectivity index (χ0v) is 54.3. The molecular weight excluding hydrogens is 1420 g/mol. The van der Waals surface area contributed by atoms with Crippen molar-refractivity contribution in [1.29, 1.82) is 0 Å². The van der Waals surface area contributed by atoms with Gasteiger partial charge in [-0.1, -0.05) is 128 Å². The van der Waals surface area contributed by atoms with Gasteiger partial charge in [0.15, 0.2) is 0 Å².